The highest BCUT2D eigenvalue weighted by molar-refractivity contribution is 7.22. The number of anilines is 1. The van der Waals surface area contributed by atoms with Gasteiger partial charge in [-0.25, -0.2) is 4.98 Å². The third kappa shape index (κ3) is 2.48. The molecule has 0 radical (unpaired) electrons. The molecule has 3 N–H and O–H groups in total. The van der Waals surface area contributed by atoms with Crippen LogP contribution in [0.1, 0.15) is 22.0 Å². The lowest BCUT2D eigenvalue weighted by molar-refractivity contribution is 0.0714. The molecule has 5 rings (SSSR count). The minimum atomic E-state index is 0.0849. The molecule has 0 spiro atoms. The zero-order valence-corrected chi connectivity index (χ0v) is 15.1. The number of carbonyl (C=O) groups excluding carboxylic acids is 1. The van der Waals surface area contributed by atoms with Gasteiger partial charge in [-0.2, -0.15) is 0 Å². The largest absolute Gasteiger partial charge is 0.375 e. The van der Waals surface area contributed by atoms with E-state index in [0.29, 0.717) is 22.5 Å². The van der Waals surface area contributed by atoms with Gasteiger partial charge in [0.2, 0.25) is 0 Å². The topological polar surface area (TPSA) is 71.2 Å². The predicted molar refractivity (Wildman–Crippen MR) is 104 cm³/mol. The standard InChI is InChI=1S/C20H20N4OS/c21-20-23-16-8-13(6-7-17(16)26-20)19(25)24-11-14-9-22-10-15(14)18(24)12-4-2-1-3-5-12/h1-8,14-15,18,22H,9-11H2,(H2,21,23)/t14-,15-,18+/m0/s1. The molecule has 2 aliphatic heterocycles. The van der Waals surface area contributed by atoms with E-state index < -0.39 is 0 Å². The molecule has 2 aliphatic rings. The van der Waals surface area contributed by atoms with Crippen LogP contribution in [0.3, 0.4) is 0 Å². The van der Waals surface area contributed by atoms with E-state index in [1.807, 2.05) is 24.3 Å². The molecule has 1 aromatic heterocycles. The summed E-state index contributed by atoms with van der Waals surface area (Å²) in [4.78, 5) is 19.8. The number of fused-ring (bicyclic) bond motifs is 2. The Labute approximate surface area is 155 Å². The highest BCUT2D eigenvalue weighted by Crippen LogP contribution is 2.43. The van der Waals surface area contributed by atoms with E-state index in [2.05, 4.69) is 39.5 Å². The number of rotatable bonds is 2. The number of aromatic nitrogens is 1. The number of likely N-dealkylation sites (tertiary alicyclic amines) is 1. The van der Waals surface area contributed by atoms with Crippen LogP contribution in [0.4, 0.5) is 5.13 Å². The molecule has 2 aromatic carbocycles. The number of nitrogens with one attached hydrogen (secondary N) is 1. The predicted octanol–water partition coefficient (Wildman–Crippen LogP) is 2.91. The Balaban J connectivity index is 1.52. The van der Waals surface area contributed by atoms with Crippen molar-refractivity contribution in [3.05, 3.63) is 59.7 Å². The van der Waals surface area contributed by atoms with Gasteiger partial charge in [0.15, 0.2) is 5.13 Å². The van der Waals surface area contributed by atoms with Crippen LogP contribution in [0.5, 0.6) is 0 Å². The molecule has 3 aromatic rings. The monoisotopic (exact) mass is 364 g/mol. The van der Waals surface area contributed by atoms with Gasteiger partial charge in [-0.05, 0) is 29.7 Å². The fourth-order valence-corrected chi connectivity index (χ4v) is 5.17. The SMILES string of the molecule is Nc1nc2cc(C(=O)N3C[C@@H]4CNC[C@@H]4[C@H]3c3ccccc3)ccc2s1. The highest BCUT2D eigenvalue weighted by atomic mass is 32.1. The van der Waals surface area contributed by atoms with Gasteiger partial charge in [0, 0.05) is 31.1 Å². The molecule has 132 valence electrons. The Morgan fingerprint density at radius 1 is 1.19 bits per heavy atom. The van der Waals surface area contributed by atoms with Crippen LogP contribution in [-0.4, -0.2) is 35.4 Å². The second-order valence-corrected chi connectivity index (χ2v) is 8.19. The van der Waals surface area contributed by atoms with Crippen molar-refractivity contribution < 1.29 is 4.79 Å². The maximum absolute atomic E-state index is 13.4. The van der Waals surface area contributed by atoms with Gasteiger partial charge in [-0.3, -0.25) is 4.79 Å². The van der Waals surface area contributed by atoms with E-state index in [4.69, 9.17) is 5.73 Å². The average Bonchev–Trinajstić information content (AvgIpc) is 3.33. The second kappa shape index (κ2) is 6.07. The van der Waals surface area contributed by atoms with Crippen LogP contribution in [-0.2, 0) is 0 Å². The first kappa shape index (κ1) is 15.8. The van der Waals surface area contributed by atoms with Crippen LogP contribution in [0, 0.1) is 11.8 Å². The summed E-state index contributed by atoms with van der Waals surface area (Å²) in [5.41, 5.74) is 8.52. The number of nitrogens with zero attached hydrogens (tertiary/aromatic N) is 2. The Hall–Kier alpha value is -2.44. The van der Waals surface area contributed by atoms with Crippen molar-refractivity contribution in [3.63, 3.8) is 0 Å². The van der Waals surface area contributed by atoms with Crippen molar-refractivity contribution in [1.29, 1.82) is 0 Å². The van der Waals surface area contributed by atoms with Crippen molar-refractivity contribution in [3.8, 4) is 0 Å². The summed E-state index contributed by atoms with van der Waals surface area (Å²) in [6.45, 7) is 2.75. The van der Waals surface area contributed by atoms with Crippen LogP contribution >= 0.6 is 11.3 Å². The first-order valence-electron chi connectivity index (χ1n) is 8.93. The Morgan fingerprint density at radius 2 is 2.04 bits per heavy atom. The summed E-state index contributed by atoms with van der Waals surface area (Å²) in [6, 6.07) is 16.2. The highest BCUT2D eigenvalue weighted by Gasteiger charge is 2.46. The first-order valence-corrected chi connectivity index (χ1v) is 9.75. The van der Waals surface area contributed by atoms with E-state index in [0.717, 1.165) is 29.9 Å². The number of hydrogen-bond acceptors (Lipinski definition) is 5. The number of benzene rings is 2. The van der Waals surface area contributed by atoms with Crippen molar-refractivity contribution in [1.82, 2.24) is 15.2 Å². The lowest BCUT2D eigenvalue weighted by atomic mass is 9.89. The van der Waals surface area contributed by atoms with Crippen molar-refractivity contribution in [2.75, 3.05) is 25.4 Å². The molecule has 2 fully saturated rings. The maximum Gasteiger partial charge on any atom is 0.254 e. The Kier molecular flexibility index (Phi) is 3.69. The Morgan fingerprint density at radius 3 is 2.88 bits per heavy atom. The molecule has 0 bridgehead atoms. The van der Waals surface area contributed by atoms with E-state index in [9.17, 15) is 4.79 Å². The third-order valence-corrected chi connectivity index (χ3v) is 6.48. The van der Waals surface area contributed by atoms with E-state index in [1.165, 1.54) is 16.9 Å². The smallest absolute Gasteiger partial charge is 0.254 e. The van der Waals surface area contributed by atoms with Crippen molar-refractivity contribution in [2.45, 2.75) is 6.04 Å². The molecule has 3 heterocycles. The number of hydrogen-bond donors (Lipinski definition) is 2. The summed E-state index contributed by atoms with van der Waals surface area (Å²) in [7, 11) is 0. The normalized spacial score (nSPS) is 24.9. The lowest BCUT2D eigenvalue weighted by Gasteiger charge is -2.28. The van der Waals surface area contributed by atoms with Gasteiger partial charge in [0.25, 0.3) is 5.91 Å². The lowest BCUT2D eigenvalue weighted by Crippen LogP contribution is -2.34. The van der Waals surface area contributed by atoms with E-state index in [-0.39, 0.29) is 11.9 Å². The summed E-state index contributed by atoms with van der Waals surface area (Å²) in [6.07, 6.45) is 0. The molecule has 1 amide bonds. The zero-order valence-electron chi connectivity index (χ0n) is 14.3. The number of nitrogen functional groups attached to an aromatic ring is 1. The molecule has 0 aliphatic carbocycles. The Bertz CT molecular complexity index is 970. The fraction of sp³-hybridized carbons (Fsp3) is 0.300. The first-order chi connectivity index (χ1) is 12.7. The quantitative estimate of drug-likeness (QED) is 0.733. The summed E-state index contributed by atoms with van der Waals surface area (Å²) < 4.78 is 1.01. The minimum Gasteiger partial charge on any atom is -0.375 e. The van der Waals surface area contributed by atoms with Crippen LogP contribution in [0.15, 0.2) is 48.5 Å². The van der Waals surface area contributed by atoms with Crippen LogP contribution in [0.2, 0.25) is 0 Å². The van der Waals surface area contributed by atoms with Gasteiger partial charge in [0.1, 0.15) is 0 Å². The van der Waals surface area contributed by atoms with Gasteiger partial charge >= 0.3 is 0 Å². The molecule has 2 saturated heterocycles. The number of thiazole rings is 1. The summed E-state index contributed by atoms with van der Waals surface area (Å²) in [5, 5.41) is 4.03. The van der Waals surface area contributed by atoms with E-state index >= 15 is 0 Å². The summed E-state index contributed by atoms with van der Waals surface area (Å²) in [5.74, 6) is 1.07. The second-order valence-electron chi connectivity index (χ2n) is 7.13. The maximum atomic E-state index is 13.4. The molecule has 0 unspecified atom stereocenters. The van der Waals surface area contributed by atoms with Gasteiger partial charge < -0.3 is 16.0 Å². The molecular formula is C20H20N4OS. The van der Waals surface area contributed by atoms with Crippen LogP contribution in [0.25, 0.3) is 10.2 Å². The number of carbonyl (C=O) groups is 1. The molecule has 0 saturated carbocycles. The molecular weight excluding hydrogens is 344 g/mol. The summed E-state index contributed by atoms with van der Waals surface area (Å²) >= 11 is 1.45. The minimum absolute atomic E-state index is 0.0849. The van der Waals surface area contributed by atoms with Crippen LogP contribution < -0.4 is 11.1 Å². The van der Waals surface area contributed by atoms with E-state index in [1.54, 1.807) is 0 Å². The molecule has 3 atom stereocenters. The molecule has 6 heteroatoms. The fourth-order valence-electron chi connectivity index (χ4n) is 4.45. The van der Waals surface area contributed by atoms with Gasteiger partial charge in [-0.1, -0.05) is 41.7 Å². The molecule has 5 nitrogen and oxygen atoms in total. The molecule has 26 heavy (non-hydrogen) atoms. The van der Waals surface area contributed by atoms with Gasteiger partial charge in [0.05, 0.1) is 16.3 Å². The van der Waals surface area contributed by atoms with Crippen molar-refractivity contribution in [2.24, 2.45) is 11.8 Å². The van der Waals surface area contributed by atoms with Crippen molar-refractivity contribution >= 4 is 32.6 Å². The number of nitrogens with two attached hydrogens (primary N) is 1. The number of amides is 1. The van der Waals surface area contributed by atoms with Gasteiger partial charge in [-0.15, -0.1) is 0 Å². The third-order valence-electron chi connectivity index (χ3n) is 5.62. The average molecular weight is 364 g/mol. The zero-order chi connectivity index (χ0) is 17.7.